The quantitative estimate of drug-likeness (QED) is 0.509. The van der Waals surface area contributed by atoms with Crippen molar-refractivity contribution in [3.05, 3.63) is 13.5 Å². The Hall–Kier alpha value is -0.0400. The highest BCUT2D eigenvalue weighted by molar-refractivity contribution is 4.53. The Labute approximate surface area is 52.0 Å². The molecule has 0 aliphatic heterocycles. The minimum Gasteiger partial charge on any atom is -0.373 e. The van der Waals surface area contributed by atoms with E-state index in [4.69, 9.17) is 4.74 Å². The van der Waals surface area contributed by atoms with Crippen molar-refractivity contribution in [3.63, 3.8) is 0 Å². The third-order valence-corrected chi connectivity index (χ3v) is 0.690. The summed E-state index contributed by atoms with van der Waals surface area (Å²) >= 11 is 0. The monoisotopic (exact) mass is 114 g/mol. The summed E-state index contributed by atoms with van der Waals surface area (Å²) in [6, 6.07) is 0. The van der Waals surface area contributed by atoms with Gasteiger partial charge >= 0.3 is 0 Å². The zero-order valence-electron chi connectivity index (χ0n) is 5.68. The van der Waals surface area contributed by atoms with Gasteiger partial charge in [0, 0.05) is 0 Å². The summed E-state index contributed by atoms with van der Waals surface area (Å²) in [6.07, 6.45) is 2.20. The minimum atomic E-state index is 0.321. The van der Waals surface area contributed by atoms with Gasteiger partial charge in [-0.1, -0.05) is 13.3 Å². The molecule has 0 aliphatic rings. The van der Waals surface area contributed by atoms with E-state index >= 15 is 0 Å². The van der Waals surface area contributed by atoms with E-state index in [0.29, 0.717) is 6.10 Å². The van der Waals surface area contributed by atoms with Crippen molar-refractivity contribution in [2.45, 2.75) is 32.8 Å². The van der Waals surface area contributed by atoms with Gasteiger partial charge in [-0.05, 0) is 20.3 Å². The first kappa shape index (κ1) is 7.96. The molecule has 0 fully saturated rings. The Morgan fingerprint density at radius 2 is 2.25 bits per heavy atom. The van der Waals surface area contributed by atoms with Crippen LogP contribution >= 0.6 is 0 Å². The Bertz CT molecular complexity index is 41.7. The number of hydrogen-bond acceptors (Lipinski definition) is 1. The van der Waals surface area contributed by atoms with Gasteiger partial charge in [0.25, 0.3) is 0 Å². The second kappa shape index (κ2) is 5.10. The van der Waals surface area contributed by atoms with Crippen molar-refractivity contribution in [2.75, 3.05) is 0 Å². The predicted octanol–water partition coefficient (Wildman–Crippen LogP) is 2.19. The number of unbranched alkanes of at least 4 members (excludes halogenated alkanes) is 1. The van der Waals surface area contributed by atoms with Gasteiger partial charge in [0.15, 0.2) is 0 Å². The molecule has 1 heteroatoms. The molecule has 2 radical (unpaired) electrons. The summed E-state index contributed by atoms with van der Waals surface area (Å²) in [7, 11) is 0. The maximum absolute atomic E-state index is 5.12. The molecule has 0 aromatic rings. The number of rotatable bonds is 4. The highest BCUT2D eigenvalue weighted by atomic mass is 16.5. The normalized spacial score (nSPS) is 10.5. The first-order chi connectivity index (χ1) is 3.77. The Morgan fingerprint density at radius 1 is 1.62 bits per heavy atom. The van der Waals surface area contributed by atoms with E-state index in [1.165, 1.54) is 0 Å². The van der Waals surface area contributed by atoms with E-state index < -0.39 is 0 Å². The van der Waals surface area contributed by atoms with Crippen molar-refractivity contribution in [1.29, 1.82) is 0 Å². The van der Waals surface area contributed by atoms with Crippen LogP contribution in [0.15, 0.2) is 0 Å². The van der Waals surface area contributed by atoms with Gasteiger partial charge in [-0.25, -0.2) is 0 Å². The number of ether oxygens (including phenoxy) is 1. The Balaban J connectivity index is 2.72. The minimum absolute atomic E-state index is 0.321. The fourth-order valence-electron chi connectivity index (χ4n) is 0.344. The van der Waals surface area contributed by atoms with Gasteiger partial charge in [0.1, 0.15) is 0 Å². The first-order valence-electron chi connectivity index (χ1n) is 3.03. The molecular weight excluding hydrogens is 100 g/mol. The van der Waals surface area contributed by atoms with E-state index in [1.54, 1.807) is 0 Å². The summed E-state index contributed by atoms with van der Waals surface area (Å²) in [4.78, 5) is 0. The lowest BCUT2D eigenvalue weighted by atomic mass is 10.3. The topological polar surface area (TPSA) is 9.23 Å². The van der Waals surface area contributed by atoms with Crippen LogP contribution in [-0.2, 0) is 4.74 Å². The van der Waals surface area contributed by atoms with Crippen LogP contribution in [0.25, 0.3) is 0 Å². The molecule has 0 saturated carbocycles. The van der Waals surface area contributed by atoms with Crippen molar-refractivity contribution in [1.82, 2.24) is 0 Å². The summed E-state index contributed by atoms with van der Waals surface area (Å²) in [5, 5.41) is 0. The fraction of sp³-hybridized carbons (Fsp3) is 0.714. The lowest BCUT2D eigenvalue weighted by Gasteiger charge is -2.03. The molecule has 0 aliphatic carbocycles. The van der Waals surface area contributed by atoms with Crippen LogP contribution in [-0.4, -0.2) is 6.10 Å². The molecule has 0 aromatic heterocycles. The molecule has 0 N–H and O–H groups in total. The summed E-state index contributed by atoms with van der Waals surface area (Å²) in [6.45, 7) is 9.52. The molecule has 0 rings (SSSR count). The van der Waals surface area contributed by atoms with E-state index in [9.17, 15) is 0 Å². The molecule has 0 unspecified atom stereocenters. The number of hydrogen-bond donors (Lipinski definition) is 0. The third-order valence-electron chi connectivity index (χ3n) is 0.690. The van der Waals surface area contributed by atoms with Gasteiger partial charge in [-0.2, -0.15) is 0 Å². The van der Waals surface area contributed by atoms with Gasteiger partial charge in [0.05, 0.1) is 12.7 Å². The lowest BCUT2D eigenvalue weighted by molar-refractivity contribution is 0.130. The van der Waals surface area contributed by atoms with Gasteiger partial charge < -0.3 is 4.74 Å². The first-order valence-corrected chi connectivity index (χ1v) is 3.03. The van der Waals surface area contributed by atoms with Crippen LogP contribution in [0.2, 0.25) is 0 Å². The van der Waals surface area contributed by atoms with E-state index in [-0.39, 0.29) is 0 Å². The average molecular weight is 114 g/mol. The lowest BCUT2D eigenvalue weighted by Crippen LogP contribution is -1.98. The van der Waals surface area contributed by atoms with Crippen molar-refractivity contribution in [2.24, 2.45) is 0 Å². The Morgan fingerprint density at radius 3 is 2.62 bits per heavy atom. The van der Waals surface area contributed by atoms with Crippen LogP contribution in [0, 0.1) is 13.5 Å². The summed E-state index contributed by atoms with van der Waals surface area (Å²) < 4.78 is 5.12. The molecule has 0 heterocycles. The van der Waals surface area contributed by atoms with Crippen LogP contribution < -0.4 is 0 Å². The molecule has 8 heavy (non-hydrogen) atoms. The molecule has 48 valence electrons. The van der Waals surface area contributed by atoms with Crippen LogP contribution in [0.5, 0.6) is 0 Å². The zero-order chi connectivity index (χ0) is 6.41. The molecule has 0 spiro atoms. The van der Waals surface area contributed by atoms with Gasteiger partial charge in [-0.15, -0.1) is 0 Å². The summed E-state index contributed by atoms with van der Waals surface area (Å²) in [5.74, 6) is 0. The smallest absolute Gasteiger partial charge is 0.0840 e. The molecule has 0 atom stereocenters. The SMILES string of the molecule is [CH2]CC[CH]OC(C)C. The standard InChI is InChI=1S/C7H14O/c1-4-5-6-8-7(2)3/h6-7H,1,4-5H2,2-3H3. The van der Waals surface area contributed by atoms with Gasteiger partial charge in [0.2, 0.25) is 0 Å². The molecular formula is C7H14O. The van der Waals surface area contributed by atoms with Crippen LogP contribution in [0.1, 0.15) is 26.7 Å². The van der Waals surface area contributed by atoms with Gasteiger partial charge in [-0.3, -0.25) is 0 Å². The average Bonchev–Trinajstić information content (AvgIpc) is 1.66. The molecule has 0 bridgehead atoms. The van der Waals surface area contributed by atoms with E-state index in [0.717, 1.165) is 12.8 Å². The fourth-order valence-corrected chi connectivity index (χ4v) is 0.344. The highest BCUT2D eigenvalue weighted by Gasteiger charge is 1.89. The Kier molecular flexibility index (Phi) is 5.08. The van der Waals surface area contributed by atoms with E-state index in [1.807, 2.05) is 20.5 Å². The van der Waals surface area contributed by atoms with Crippen molar-refractivity contribution in [3.8, 4) is 0 Å². The summed E-state index contributed by atoms with van der Waals surface area (Å²) in [5.41, 5.74) is 0. The van der Waals surface area contributed by atoms with Crippen LogP contribution in [0.3, 0.4) is 0 Å². The second-order valence-corrected chi connectivity index (χ2v) is 1.99. The maximum atomic E-state index is 5.12. The molecule has 0 amide bonds. The second-order valence-electron chi connectivity index (χ2n) is 1.99. The predicted molar refractivity (Wildman–Crippen MR) is 35.1 cm³/mol. The van der Waals surface area contributed by atoms with Crippen molar-refractivity contribution >= 4 is 0 Å². The maximum Gasteiger partial charge on any atom is 0.0840 e. The molecule has 0 aromatic carbocycles. The van der Waals surface area contributed by atoms with Crippen molar-refractivity contribution < 1.29 is 4.74 Å². The highest BCUT2D eigenvalue weighted by Crippen LogP contribution is 1.97. The molecule has 0 saturated heterocycles. The van der Waals surface area contributed by atoms with Crippen LogP contribution in [0.4, 0.5) is 0 Å². The van der Waals surface area contributed by atoms with E-state index in [2.05, 4.69) is 6.92 Å². The largest absolute Gasteiger partial charge is 0.373 e. The molecule has 1 nitrogen and oxygen atoms in total. The third kappa shape index (κ3) is 5.96. The zero-order valence-corrected chi connectivity index (χ0v) is 5.68.